The van der Waals surface area contributed by atoms with E-state index in [9.17, 15) is 4.79 Å². The van der Waals surface area contributed by atoms with Gasteiger partial charge in [-0.15, -0.1) is 0 Å². The van der Waals surface area contributed by atoms with E-state index in [1.54, 1.807) is 24.3 Å². The molecule has 0 bridgehead atoms. The van der Waals surface area contributed by atoms with Crippen LogP contribution in [0.3, 0.4) is 0 Å². The maximum Gasteiger partial charge on any atom is 0.368 e. The van der Waals surface area contributed by atoms with Crippen LogP contribution >= 0.6 is 0 Å². The van der Waals surface area contributed by atoms with Gasteiger partial charge in [-0.1, -0.05) is 18.2 Å². The van der Waals surface area contributed by atoms with E-state index < -0.39 is 12.2 Å². The lowest BCUT2D eigenvalue weighted by Gasteiger charge is -2.14. The van der Waals surface area contributed by atoms with Gasteiger partial charge in [-0.3, -0.25) is 0 Å². The summed E-state index contributed by atoms with van der Waals surface area (Å²) in [7, 11) is 0. The van der Waals surface area contributed by atoms with Crippen LogP contribution in [0.1, 0.15) is 6.23 Å². The second kappa shape index (κ2) is 4.43. The van der Waals surface area contributed by atoms with E-state index in [2.05, 4.69) is 10.1 Å². The molecule has 0 aliphatic heterocycles. The first-order chi connectivity index (χ1) is 7.77. The molecule has 1 N–H and O–H groups in total. The van der Waals surface area contributed by atoms with Crippen LogP contribution in [0.5, 0.6) is 5.75 Å². The van der Waals surface area contributed by atoms with Crippen LogP contribution in [-0.4, -0.2) is 25.8 Å². The van der Waals surface area contributed by atoms with Gasteiger partial charge < -0.3 is 9.84 Å². The minimum atomic E-state index is -1.20. The molecule has 16 heavy (non-hydrogen) atoms. The third-order valence-electron chi connectivity index (χ3n) is 1.88. The highest BCUT2D eigenvalue weighted by atomic mass is 16.5. The van der Waals surface area contributed by atoms with Crippen molar-refractivity contribution in [2.45, 2.75) is 6.23 Å². The van der Waals surface area contributed by atoms with Gasteiger partial charge in [0, 0.05) is 0 Å². The predicted octanol–water partition coefficient (Wildman–Crippen LogP) is 0.940. The van der Waals surface area contributed by atoms with Crippen molar-refractivity contribution in [1.82, 2.24) is 14.8 Å². The normalized spacial score (nSPS) is 12.0. The zero-order valence-corrected chi connectivity index (χ0v) is 8.22. The predicted molar refractivity (Wildman–Crippen MR) is 53.8 cm³/mol. The smallest absolute Gasteiger partial charge is 0.368 e. The Morgan fingerprint density at radius 2 is 2.12 bits per heavy atom. The summed E-state index contributed by atoms with van der Waals surface area (Å²) in [6.07, 6.45) is 1.34. The molecule has 1 heterocycles. The Hall–Kier alpha value is -2.37. The van der Waals surface area contributed by atoms with Gasteiger partial charge >= 0.3 is 5.97 Å². The number of aliphatic carboxylic acids is 1. The van der Waals surface area contributed by atoms with E-state index in [1.807, 2.05) is 6.07 Å². The highest BCUT2D eigenvalue weighted by Crippen LogP contribution is 2.15. The minimum absolute atomic E-state index is 0.463. The lowest BCUT2D eigenvalue weighted by atomic mass is 10.3. The van der Waals surface area contributed by atoms with Gasteiger partial charge in [0.1, 0.15) is 18.4 Å². The summed E-state index contributed by atoms with van der Waals surface area (Å²) in [4.78, 5) is 14.7. The molecule has 1 atom stereocenters. The molecule has 82 valence electrons. The number of carboxylic acids is 1. The SMILES string of the molecule is O=C(O)C(Oc1ccccc1)n1cncn1. The van der Waals surface area contributed by atoms with Crippen molar-refractivity contribution in [3.63, 3.8) is 0 Å². The molecule has 1 aromatic carbocycles. The molecule has 0 radical (unpaired) electrons. The number of aromatic nitrogens is 3. The van der Waals surface area contributed by atoms with Crippen LogP contribution in [0.4, 0.5) is 0 Å². The highest BCUT2D eigenvalue weighted by Gasteiger charge is 2.21. The van der Waals surface area contributed by atoms with Crippen molar-refractivity contribution in [3.05, 3.63) is 43.0 Å². The Kier molecular flexibility index (Phi) is 2.81. The van der Waals surface area contributed by atoms with E-state index in [4.69, 9.17) is 9.84 Å². The zero-order valence-electron chi connectivity index (χ0n) is 8.22. The number of ether oxygens (including phenoxy) is 1. The average Bonchev–Trinajstić information content (AvgIpc) is 2.80. The first-order valence-electron chi connectivity index (χ1n) is 4.56. The van der Waals surface area contributed by atoms with Crippen molar-refractivity contribution < 1.29 is 14.6 Å². The lowest BCUT2D eigenvalue weighted by molar-refractivity contribution is -0.150. The molecule has 2 rings (SSSR count). The van der Waals surface area contributed by atoms with Gasteiger partial charge in [0.15, 0.2) is 0 Å². The molecule has 1 unspecified atom stereocenters. The Balaban J connectivity index is 2.19. The van der Waals surface area contributed by atoms with E-state index in [0.717, 1.165) is 4.68 Å². The molecule has 6 heteroatoms. The third kappa shape index (κ3) is 2.17. The fourth-order valence-electron chi connectivity index (χ4n) is 1.18. The second-order valence-electron chi connectivity index (χ2n) is 3.00. The fraction of sp³-hybridized carbons (Fsp3) is 0.100. The highest BCUT2D eigenvalue weighted by molar-refractivity contribution is 5.70. The summed E-state index contributed by atoms with van der Waals surface area (Å²) in [6.45, 7) is 0. The number of hydrogen-bond acceptors (Lipinski definition) is 4. The zero-order chi connectivity index (χ0) is 11.4. The quantitative estimate of drug-likeness (QED) is 0.828. The molecule has 2 aromatic rings. The maximum absolute atomic E-state index is 11.0. The number of carbonyl (C=O) groups is 1. The first kappa shape index (κ1) is 10.2. The van der Waals surface area contributed by atoms with Crippen LogP contribution in [0.2, 0.25) is 0 Å². The van der Waals surface area contributed by atoms with Crippen LogP contribution in [0.25, 0.3) is 0 Å². The topological polar surface area (TPSA) is 77.2 Å². The Morgan fingerprint density at radius 1 is 1.38 bits per heavy atom. The van der Waals surface area contributed by atoms with Gasteiger partial charge in [-0.25, -0.2) is 14.5 Å². The summed E-state index contributed by atoms with van der Waals surface area (Å²) < 4.78 is 6.42. The lowest BCUT2D eigenvalue weighted by Crippen LogP contribution is -2.25. The summed E-state index contributed by atoms with van der Waals surface area (Å²) in [5.41, 5.74) is 0. The van der Waals surface area contributed by atoms with Crippen LogP contribution in [0, 0.1) is 0 Å². The Morgan fingerprint density at radius 3 is 2.69 bits per heavy atom. The maximum atomic E-state index is 11.0. The molecule has 0 saturated carbocycles. The van der Waals surface area contributed by atoms with Crippen molar-refractivity contribution in [2.24, 2.45) is 0 Å². The van der Waals surface area contributed by atoms with Gasteiger partial charge in [0.05, 0.1) is 0 Å². The largest absolute Gasteiger partial charge is 0.477 e. The molecule has 0 saturated heterocycles. The van der Waals surface area contributed by atoms with Gasteiger partial charge in [0.2, 0.25) is 0 Å². The molecule has 1 aromatic heterocycles. The standard InChI is InChI=1S/C10H9N3O3/c14-10(15)9(13-7-11-6-12-13)16-8-4-2-1-3-5-8/h1-7,9H,(H,14,15). The minimum Gasteiger partial charge on any atom is -0.477 e. The first-order valence-corrected chi connectivity index (χ1v) is 4.56. The monoisotopic (exact) mass is 219 g/mol. The van der Waals surface area contributed by atoms with Crippen molar-refractivity contribution >= 4 is 5.97 Å². The van der Waals surface area contributed by atoms with Gasteiger partial charge in [0.25, 0.3) is 6.23 Å². The van der Waals surface area contributed by atoms with E-state index in [-0.39, 0.29) is 0 Å². The summed E-state index contributed by atoms with van der Waals surface area (Å²) in [5.74, 6) is -0.667. The molecule has 0 amide bonds. The number of hydrogen-bond donors (Lipinski definition) is 1. The number of nitrogens with zero attached hydrogens (tertiary/aromatic N) is 3. The van der Waals surface area contributed by atoms with Crippen LogP contribution in [0.15, 0.2) is 43.0 Å². The summed E-state index contributed by atoms with van der Waals surface area (Å²) in [5, 5.41) is 12.7. The van der Waals surface area contributed by atoms with Crippen molar-refractivity contribution in [3.8, 4) is 5.75 Å². The molecule has 0 aliphatic carbocycles. The Bertz CT molecular complexity index is 455. The van der Waals surface area contributed by atoms with E-state index in [1.165, 1.54) is 12.7 Å². The molecule has 0 spiro atoms. The van der Waals surface area contributed by atoms with E-state index >= 15 is 0 Å². The average molecular weight is 219 g/mol. The Labute approximate surface area is 91.1 Å². The fourth-order valence-corrected chi connectivity index (χ4v) is 1.18. The van der Waals surface area contributed by atoms with Crippen molar-refractivity contribution in [1.29, 1.82) is 0 Å². The van der Waals surface area contributed by atoms with Gasteiger partial charge in [-0.2, -0.15) is 5.10 Å². The van der Waals surface area contributed by atoms with Crippen LogP contribution < -0.4 is 4.74 Å². The number of rotatable bonds is 4. The van der Waals surface area contributed by atoms with E-state index in [0.29, 0.717) is 5.75 Å². The summed E-state index contributed by atoms with van der Waals surface area (Å²) >= 11 is 0. The molecular formula is C10H9N3O3. The summed E-state index contributed by atoms with van der Waals surface area (Å²) in [6, 6.07) is 8.68. The van der Waals surface area contributed by atoms with Crippen molar-refractivity contribution in [2.75, 3.05) is 0 Å². The molecule has 0 fully saturated rings. The number of carboxylic acid groups (broad SMARTS) is 1. The molecule has 6 nitrogen and oxygen atoms in total. The third-order valence-corrected chi connectivity index (χ3v) is 1.88. The van der Waals surface area contributed by atoms with Crippen LogP contribution in [-0.2, 0) is 4.79 Å². The van der Waals surface area contributed by atoms with Gasteiger partial charge in [-0.05, 0) is 12.1 Å². The number of para-hydroxylation sites is 1. The second-order valence-corrected chi connectivity index (χ2v) is 3.00. The molecule has 0 aliphatic rings. The molecular weight excluding hydrogens is 210 g/mol. The number of benzene rings is 1.